The molecule has 5 atom stereocenters. The molecule has 2 aliphatic rings. The van der Waals surface area contributed by atoms with Crippen LogP contribution >= 0.6 is 0 Å². The van der Waals surface area contributed by atoms with Gasteiger partial charge < -0.3 is 24.8 Å². The molecule has 1 heterocycles. The van der Waals surface area contributed by atoms with Crippen LogP contribution < -0.4 is 5.32 Å². The maximum Gasteiger partial charge on any atom is 0.407 e. The number of hydrogen-bond acceptors (Lipinski definition) is 5. The third kappa shape index (κ3) is 6.89. The summed E-state index contributed by atoms with van der Waals surface area (Å²) in [6.07, 6.45) is -1.07. The van der Waals surface area contributed by atoms with E-state index < -0.39 is 41.5 Å². The highest BCUT2D eigenvalue weighted by Crippen LogP contribution is 2.49. The molecule has 7 nitrogen and oxygen atoms in total. The first-order valence-corrected chi connectivity index (χ1v) is 14.7. The van der Waals surface area contributed by atoms with E-state index in [0.29, 0.717) is 6.42 Å². The molecule has 2 N–H and O–H groups in total. The molecule has 5 rings (SSSR count). The molecule has 9 heteroatoms. The molecule has 2 amide bonds. The van der Waals surface area contributed by atoms with Crippen LogP contribution in [-0.4, -0.2) is 46.0 Å². The molecule has 0 bridgehead atoms. The molecule has 1 aliphatic carbocycles. The van der Waals surface area contributed by atoms with Gasteiger partial charge in [0.2, 0.25) is 5.91 Å². The molecule has 1 fully saturated rings. The third-order valence-electron chi connectivity index (χ3n) is 8.41. The quantitative estimate of drug-likeness (QED) is 0.309. The van der Waals surface area contributed by atoms with Gasteiger partial charge in [-0.25, -0.2) is 13.6 Å². The highest BCUT2D eigenvalue weighted by atomic mass is 19.1. The van der Waals surface area contributed by atoms with Crippen LogP contribution in [0.25, 0.3) is 0 Å². The minimum atomic E-state index is -1.22. The molecule has 0 spiro atoms. The average molecular weight is 593 g/mol. The lowest BCUT2D eigenvalue weighted by atomic mass is 9.90. The molecule has 228 valence electrons. The lowest BCUT2D eigenvalue weighted by molar-refractivity contribution is -0.153. The first-order chi connectivity index (χ1) is 20.6. The van der Waals surface area contributed by atoms with Crippen molar-refractivity contribution < 1.29 is 33.0 Å². The summed E-state index contributed by atoms with van der Waals surface area (Å²) in [6.45, 7) is 5.63. The van der Waals surface area contributed by atoms with E-state index in [9.17, 15) is 23.5 Å². The summed E-state index contributed by atoms with van der Waals surface area (Å²) >= 11 is 0. The van der Waals surface area contributed by atoms with Crippen LogP contribution in [-0.2, 0) is 33.7 Å². The maximum absolute atomic E-state index is 14.2. The number of ether oxygens (including phenoxy) is 2. The van der Waals surface area contributed by atoms with Gasteiger partial charge in [0.25, 0.3) is 0 Å². The van der Waals surface area contributed by atoms with Gasteiger partial charge in [0.15, 0.2) is 0 Å². The number of nitrogens with zero attached hydrogens (tertiary/aromatic N) is 1. The molecule has 0 aromatic heterocycles. The number of carbonyl (C=O) groups is 2. The molecular formula is C34H38F2N2O5. The summed E-state index contributed by atoms with van der Waals surface area (Å²) in [6, 6.07) is 19.0. The lowest BCUT2D eigenvalue weighted by Gasteiger charge is -2.37. The Bertz CT molecular complexity index is 1430. The van der Waals surface area contributed by atoms with Crippen molar-refractivity contribution in [3.8, 4) is 0 Å². The number of halogens is 2. The monoisotopic (exact) mass is 592 g/mol. The molecular weight excluding hydrogens is 554 g/mol. The molecule has 3 aromatic rings. The van der Waals surface area contributed by atoms with Gasteiger partial charge in [0.1, 0.15) is 24.0 Å². The number of benzene rings is 3. The maximum atomic E-state index is 14.2. The fourth-order valence-electron chi connectivity index (χ4n) is 6.39. The Hall–Kier alpha value is -3.82. The van der Waals surface area contributed by atoms with E-state index in [1.54, 1.807) is 4.90 Å². The average Bonchev–Trinajstić information content (AvgIpc) is 3.44. The van der Waals surface area contributed by atoms with Crippen LogP contribution in [0.1, 0.15) is 61.9 Å². The highest BCUT2D eigenvalue weighted by molar-refractivity contribution is 5.81. The van der Waals surface area contributed by atoms with Crippen LogP contribution in [0.15, 0.2) is 72.8 Å². The van der Waals surface area contributed by atoms with Gasteiger partial charge in [0.05, 0.1) is 24.3 Å². The number of aliphatic hydroxyl groups is 1. The van der Waals surface area contributed by atoms with Gasteiger partial charge in [-0.2, -0.15) is 0 Å². The first kappa shape index (κ1) is 30.6. The second kappa shape index (κ2) is 12.8. The first-order valence-electron chi connectivity index (χ1n) is 14.7. The fourth-order valence-corrected chi connectivity index (χ4v) is 6.39. The predicted molar refractivity (Wildman–Crippen MR) is 157 cm³/mol. The fraction of sp³-hybridized carbons (Fsp3) is 0.412. The molecule has 1 saturated heterocycles. The van der Waals surface area contributed by atoms with Gasteiger partial charge in [-0.15, -0.1) is 0 Å². The van der Waals surface area contributed by atoms with E-state index in [0.717, 1.165) is 41.3 Å². The van der Waals surface area contributed by atoms with Gasteiger partial charge in [-0.05, 0) is 67.5 Å². The Morgan fingerprint density at radius 3 is 2.42 bits per heavy atom. The summed E-state index contributed by atoms with van der Waals surface area (Å²) in [7, 11) is 0. The van der Waals surface area contributed by atoms with Gasteiger partial charge in [-0.3, -0.25) is 4.79 Å². The Labute approximate surface area is 250 Å². The van der Waals surface area contributed by atoms with E-state index >= 15 is 0 Å². The number of hydrogen-bond donors (Lipinski definition) is 2. The Balaban J connectivity index is 1.33. The zero-order chi connectivity index (χ0) is 30.7. The van der Waals surface area contributed by atoms with Crippen molar-refractivity contribution >= 4 is 12.0 Å². The van der Waals surface area contributed by atoms with Gasteiger partial charge in [-0.1, -0.05) is 61.5 Å². The number of fused-ring (bicyclic) bond motifs is 3. The minimum absolute atomic E-state index is 0.00816. The highest BCUT2D eigenvalue weighted by Gasteiger charge is 2.54. The molecule has 2 unspecified atom stereocenters. The number of rotatable bonds is 10. The Morgan fingerprint density at radius 1 is 1.05 bits per heavy atom. The SMILES string of the molecule is CC[C@@H](C[C@H](O)[C@H](Cc1cc(F)cc(F)c1)NC(=O)OCc1ccccc1)C(=O)N1C2c3ccccc3CC2OC1(C)C. The van der Waals surface area contributed by atoms with Crippen LogP contribution in [0, 0.1) is 17.6 Å². The van der Waals surface area contributed by atoms with Gasteiger partial charge >= 0.3 is 6.09 Å². The van der Waals surface area contributed by atoms with E-state index in [4.69, 9.17) is 9.47 Å². The number of alkyl carbamates (subject to hydrolysis) is 1. The topological polar surface area (TPSA) is 88.1 Å². The summed E-state index contributed by atoms with van der Waals surface area (Å²) in [5.74, 6) is -2.28. The van der Waals surface area contributed by atoms with E-state index in [2.05, 4.69) is 11.4 Å². The normalized spacial score (nSPS) is 20.6. The van der Waals surface area contributed by atoms with Crippen LogP contribution in [0.4, 0.5) is 13.6 Å². The molecule has 1 aliphatic heterocycles. The molecule has 3 aromatic carbocycles. The van der Waals surface area contributed by atoms with Crippen molar-refractivity contribution in [2.75, 3.05) is 0 Å². The second-order valence-electron chi connectivity index (χ2n) is 11.9. The largest absolute Gasteiger partial charge is 0.445 e. The lowest BCUT2D eigenvalue weighted by Crippen LogP contribution is -2.50. The molecule has 0 saturated carbocycles. The van der Waals surface area contributed by atoms with Crippen LogP contribution in [0.5, 0.6) is 0 Å². The zero-order valence-electron chi connectivity index (χ0n) is 24.6. The number of nitrogens with one attached hydrogen (secondary N) is 1. The Kier molecular flexibility index (Phi) is 9.13. The second-order valence-corrected chi connectivity index (χ2v) is 11.9. The molecule has 0 radical (unpaired) electrons. The third-order valence-corrected chi connectivity index (χ3v) is 8.41. The van der Waals surface area contributed by atoms with Gasteiger partial charge in [0, 0.05) is 18.4 Å². The van der Waals surface area contributed by atoms with Crippen molar-refractivity contribution in [1.29, 1.82) is 0 Å². The predicted octanol–water partition coefficient (Wildman–Crippen LogP) is 5.84. The van der Waals surface area contributed by atoms with Crippen molar-refractivity contribution in [1.82, 2.24) is 10.2 Å². The summed E-state index contributed by atoms with van der Waals surface area (Å²) in [4.78, 5) is 28.7. The van der Waals surface area contributed by atoms with Crippen LogP contribution in [0.2, 0.25) is 0 Å². The van der Waals surface area contributed by atoms with Crippen molar-refractivity contribution in [2.45, 2.75) is 83.1 Å². The van der Waals surface area contributed by atoms with Crippen molar-refractivity contribution in [3.63, 3.8) is 0 Å². The standard InChI is InChI=1S/C34H38F2N2O5/c1-4-23(32(40)38-31-27-13-9-8-12-24(27)18-30(31)43-34(38,2)3)17-29(39)28(16-22-14-25(35)19-26(36)15-22)37-33(41)42-20-21-10-6-5-7-11-21/h5-15,19,23,28-31,39H,4,16-18,20H2,1-3H3,(H,37,41)/t23-,28-,29-,30?,31?/m0/s1. The molecule has 43 heavy (non-hydrogen) atoms. The summed E-state index contributed by atoms with van der Waals surface area (Å²) < 4.78 is 39.7. The number of carbonyl (C=O) groups excluding carboxylic acids is 2. The Morgan fingerprint density at radius 2 is 1.72 bits per heavy atom. The zero-order valence-corrected chi connectivity index (χ0v) is 24.6. The minimum Gasteiger partial charge on any atom is -0.445 e. The van der Waals surface area contributed by atoms with E-state index in [-0.39, 0.29) is 43.1 Å². The summed E-state index contributed by atoms with van der Waals surface area (Å²) in [5.41, 5.74) is 2.40. The van der Waals surface area contributed by atoms with Crippen molar-refractivity contribution in [3.05, 3.63) is 107 Å². The van der Waals surface area contributed by atoms with E-state index in [1.807, 2.05) is 69.3 Å². The summed E-state index contributed by atoms with van der Waals surface area (Å²) in [5, 5.41) is 14.1. The van der Waals surface area contributed by atoms with E-state index in [1.165, 1.54) is 0 Å². The van der Waals surface area contributed by atoms with Crippen LogP contribution in [0.3, 0.4) is 0 Å². The number of aliphatic hydroxyl groups excluding tert-OH is 1. The smallest absolute Gasteiger partial charge is 0.407 e. The number of amides is 2. The van der Waals surface area contributed by atoms with Crippen molar-refractivity contribution in [2.24, 2.45) is 5.92 Å².